The summed E-state index contributed by atoms with van der Waals surface area (Å²) in [5, 5.41) is 12.3. The Morgan fingerprint density at radius 1 is 1.47 bits per heavy atom. The minimum atomic E-state index is -0.644. The van der Waals surface area contributed by atoms with Crippen molar-refractivity contribution < 1.29 is 14.6 Å². The topological polar surface area (TPSA) is 58.6 Å². The van der Waals surface area contributed by atoms with Crippen molar-refractivity contribution in [3.63, 3.8) is 0 Å². The number of amides is 1. The molecule has 0 aromatic heterocycles. The molecule has 19 heavy (non-hydrogen) atoms. The van der Waals surface area contributed by atoms with Gasteiger partial charge in [-0.1, -0.05) is 37.6 Å². The first-order valence-corrected chi connectivity index (χ1v) is 6.53. The highest BCUT2D eigenvalue weighted by atomic mass is 35.5. The lowest BCUT2D eigenvalue weighted by molar-refractivity contribution is -0.127. The smallest absolute Gasteiger partial charge is 0.260 e. The monoisotopic (exact) mass is 285 g/mol. The van der Waals surface area contributed by atoms with Gasteiger partial charge in [-0.25, -0.2) is 0 Å². The van der Waals surface area contributed by atoms with Gasteiger partial charge in [-0.3, -0.25) is 4.79 Å². The molecule has 2 N–H and O–H groups in total. The Hall–Kier alpha value is -1.26. The number of ether oxygens (including phenoxy) is 1. The van der Waals surface area contributed by atoms with E-state index in [1.807, 2.05) is 13.8 Å². The number of hydrogen-bond acceptors (Lipinski definition) is 3. The van der Waals surface area contributed by atoms with Gasteiger partial charge in [-0.15, -0.1) is 0 Å². The van der Waals surface area contributed by atoms with Crippen molar-refractivity contribution in [2.45, 2.75) is 26.9 Å². The van der Waals surface area contributed by atoms with E-state index in [-0.39, 0.29) is 17.9 Å². The molecule has 0 aliphatic carbocycles. The second-order valence-electron chi connectivity index (χ2n) is 5.23. The molecule has 1 atom stereocenters. The molecule has 0 saturated carbocycles. The fourth-order valence-corrected chi connectivity index (χ4v) is 1.49. The molecule has 0 radical (unpaired) electrons. The van der Waals surface area contributed by atoms with Crippen LogP contribution in [0.15, 0.2) is 24.3 Å². The molecule has 4 nitrogen and oxygen atoms in total. The predicted octanol–water partition coefficient (Wildman–Crippen LogP) is 2.24. The van der Waals surface area contributed by atoms with Crippen LogP contribution in [0.1, 0.15) is 20.8 Å². The Morgan fingerprint density at radius 2 is 2.11 bits per heavy atom. The van der Waals surface area contributed by atoms with Gasteiger partial charge >= 0.3 is 0 Å². The van der Waals surface area contributed by atoms with Crippen LogP contribution in [0.4, 0.5) is 0 Å². The van der Waals surface area contributed by atoms with E-state index in [4.69, 9.17) is 21.4 Å². The molecular formula is C14H20ClNO3. The molecule has 0 aliphatic heterocycles. The van der Waals surface area contributed by atoms with Crippen molar-refractivity contribution in [3.05, 3.63) is 29.3 Å². The summed E-state index contributed by atoms with van der Waals surface area (Å²) in [7, 11) is 0. The number of rotatable bonds is 6. The number of hydrogen-bond donors (Lipinski definition) is 2. The molecule has 0 spiro atoms. The number of carbonyl (C=O) groups excluding carboxylic acids is 1. The molecule has 1 rings (SSSR count). The average molecular weight is 286 g/mol. The largest absolute Gasteiger partial charge is 0.479 e. The maximum atomic E-state index is 11.9. The second-order valence-corrected chi connectivity index (χ2v) is 5.64. The van der Waals surface area contributed by atoms with Gasteiger partial charge in [0.05, 0.1) is 5.02 Å². The third-order valence-corrected chi connectivity index (χ3v) is 2.99. The fraction of sp³-hybridized carbons (Fsp3) is 0.500. The molecule has 1 aromatic carbocycles. The predicted molar refractivity (Wildman–Crippen MR) is 75.4 cm³/mol. The van der Waals surface area contributed by atoms with E-state index in [0.717, 1.165) is 0 Å². The molecule has 1 aromatic rings. The van der Waals surface area contributed by atoms with E-state index in [2.05, 4.69) is 5.32 Å². The normalized spacial score (nSPS) is 12.9. The van der Waals surface area contributed by atoms with Crippen LogP contribution in [-0.4, -0.2) is 30.3 Å². The number of aliphatic hydroxyl groups is 1. The van der Waals surface area contributed by atoms with Gasteiger partial charge in [0, 0.05) is 18.6 Å². The first kappa shape index (κ1) is 15.8. The Bertz CT molecular complexity index is 434. The summed E-state index contributed by atoms with van der Waals surface area (Å²) in [6.45, 7) is 5.79. The highest BCUT2D eigenvalue weighted by Gasteiger charge is 2.21. The first-order chi connectivity index (χ1) is 8.85. The van der Waals surface area contributed by atoms with Crippen molar-refractivity contribution in [2.75, 3.05) is 13.2 Å². The SMILES string of the molecule is CC(Oc1ccccc1Cl)C(=O)NCC(C)(C)CO. The Morgan fingerprint density at radius 3 is 2.68 bits per heavy atom. The number of aliphatic hydroxyl groups excluding tert-OH is 1. The van der Waals surface area contributed by atoms with Gasteiger partial charge in [0.25, 0.3) is 5.91 Å². The maximum absolute atomic E-state index is 11.9. The summed E-state index contributed by atoms with van der Waals surface area (Å²) in [6, 6.07) is 7.00. The van der Waals surface area contributed by atoms with Crippen LogP contribution >= 0.6 is 11.6 Å². The first-order valence-electron chi connectivity index (χ1n) is 6.15. The summed E-state index contributed by atoms with van der Waals surface area (Å²) in [4.78, 5) is 11.9. The number of nitrogens with one attached hydrogen (secondary N) is 1. The minimum Gasteiger partial charge on any atom is -0.479 e. The van der Waals surface area contributed by atoms with Crippen molar-refractivity contribution in [2.24, 2.45) is 5.41 Å². The number of halogens is 1. The molecule has 1 amide bonds. The standard InChI is InChI=1S/C14H20ClNO3/c1-10(13(18)16-8-14(2,3)9-17)19-12-7-5-4-6-11(12)15/h4-7,10,17H,8-9H2,1-3H3,(H,16,18). The van der Waals surface area contributed by atoms with Gasteiger partial charge in [0.1, 0.15) is 5.75 Å². The van der Waals surface area contributed by atoms with Crippen molar-refractivity contribution >= 4 is 17.5 Å². The zero-order valence-electron chi connectivity index (χ0n) is 11.4. The van der Waals surface area contributed by atoms with Gasteiger partial charge in [0.15, 0.2) is 6.10 Å². The quantitative estimate of drug-likeness (QED) is 0.843. The van der Waals surface area contributed by atoms with E-state index in [1.54, 1.807) is 31.2 Å². The van der Waals surface area contributed by atoms with Crippen LogP contribution in [0, 0.1) is 5.41 Å². The molecular weight excluding hydrogens is 266 g/mol. The van der Waals surface area contributed by atoms with Crippen LogP contribution in [0.5, 0.6) is 5.75 Å². The Kier molecular flexibility index (Phi) is 5.63. The fourth-order valence-electron chi connectivity index (χ4n) is 1.31. The van der Waals surface area contributed by atoms with E-state index in [9.17, 15) is 4.79 Å². The van der Waals surface area contributed by atoms with E-state index < -0.39 is 6.10 Å². The highest BCUT2D eigenvalue weighted by Crippen LogP contribution is 2.24. The van der Waals surface area contributed by atoms with E-state index in [1.165, 1.54) is 0 Å². The maximum Gasteiger partial charge on any atom is 0.260 e. The summed E-state index contributed by atoms with van der Waals surface area (Å²) in [6.07, 6.45) is -0.644. The van der Waals surface area contributed by atoms with Crippen LogP contribution in [0.25, 0.3) is 0 Å². The lowest BCUT2D eigenvalue weighted by Gasteiger charge is -2.23. The van der Waals surface area contributed by atoms with Gasteiger partial charge in [-0.2, -0.15) is 0 Å². The Labute approximate surface area is 118 Å². The number of carbonyl (C=O) groups is 1. The number of benzene rings is 1. The Balaban J connectivity index is 2.52. The lowest BCUT2D eigenvalue weighted by Crippen LogP contribution is -2.42. The number of para-hydroxylation sites is 1. The van der Waals surface area contributed by atoms with Crippen LogP contribution in [0.3, 0.4) is 0 Å². The summed E-state index contributed by atoms with van der Waals surface area (Å²) >= 11 is 5.96. The third kappa shape index (κ3) is 5.09. The van der Waals surface area contributed by atoms with Crippen LogP contribution in [0.2, 0.25) is 5.02 Å². The van der Waals surface area contributed by atoms with Crippen LogP contribution < -0.4 is 10.1 Å². The summed E-state index contributed by atoms with van der Waals surface area (Å²) in [5.74, 6) is 0.245. The van der Waals surface area contributed by atoms with E-state index in [0.29, 0.717) is 17.3 Å². The minimum absolute atomic E-state index is 0.00698. The molecule has 0 heterocycles. The van der Waals surface area contributed by atoms with Gasteiger partial charge in [-0.05, 0) is 19.1 Å². The van der Waals surface area contributed by atoms with Crippen molar-refractivity contribution in [1.29, 1.82) is 0 Å². The van der Waals surface area contributed by atoms with Gasteiger partial charge < -0.3 is 15.2 Å². The zero-order valence-corrected chi connectivity index (χ0v) is 12.2. The zero-order chi connectivity index (χ0) is 14.5. The molecule has 1 unspecified atom stereocenters. The lowest BCUT2D eigenvalue weighted by atomic mass is 9.95. The second kappa shape index (κ2) is 6.78. The van der Waals surface area contributed by atoms with Crippen molar-refractivity contribution in [3.8, 4) is 5.75 Å². The van der Waals surface area contributed by atoms with Gasteiger partial charge in [0.2, 0.25) is 0 Å². The molecule has 0 fully saturated rings. The summed E-state index contributed by atoms with van der Waals surface area (Å²) < 4.78 is 5.50. The highest BCUT2D eigenvalue weighted by molar-refractivity contribution is 6.32. The summed E-state index contributed by atoms with van der Waals surface area (Å²) in [5.41, 5.74) is -0.347. The molecule has 5 heteroatoms. The van der Waals surface area contributed by atoms with Crippen molar-refractivity contribution in [1.82, 2.24) is 5.32 Å². The molecule has 106 valence electrons. The van der Waals surface area contributed by atoms with E-state index >= 15 is 0 Å². The third-order valence-electron chi connectivity index (χ3n) is 2.68. The molecule has 0 saturated heterocycles. The average Bonchev–Trinajstić information content (AvgIpc) is 2.38. The van der Waals surface area contributed by atoms with Crippen LogP contribution in [-0.2, 0) is 4.79 Å². The molecule has 0 bridgehead atoms. The molecule has 0 aliphatic rings.